The Bertz CT molecular complexity index is 791. The molecule has 0 aliphatic heterocycles. The molecule has 5 nitrogen and oxygen atoms in total. The quantitative estimate of drug-likeness (QED) is 0.544. The molecule has 0 fully saturated rings. The summed E-state index contributed by atoms with van der Waals surface area (Å²) in [5, 5.41) is 9.05. The van der Waals surface area contributed by atoms with E-state index in [2.05, 4.69) is 15.2 Å². The average Bonchev–Trinajstić information content (AvgIpc) is 3.04. The first-order valence-electron chi connectivity index (χ1n) is 6.35. The van der Waals surface area contributed by atoms with E-state index in [1.54, 1.807) is 22.2 Å². The van der Waals surface area contributed by atoms with Gasteiger partial charge in [-0.15, -0.1) is 0 Å². The number of rotatable bonds is 4. The number of hydrogen-bond donors (Lipinski definition) is 0. The molecule has 0 amide bonds. The van der Waals surface area contributed by atoms with Crippen LogP contribution in [0.1, 0.15) is 23.1 Å². The van der Waals surface area contributed by atoms with Crippen molar-refractivity contribution in [2.24, 2.45) is 5.16 Å². The highest BCUT2D eigenvalue weighted by atomic mass is 35.5. The second kappa shape index (κ2) is 5.83. The molecular formula is C14H13ClN4OS. The molecule has 2 heterocycles. The summed E-state index contributed by atoms with van der Waals surface area (Å²) < 4.78 is 1.80. The minimum absolute atomic E-state index is 0.411. The SMILES string of the molecule is C/C(=N/OCc1ccc(Cl)cc1)c1sc2ncnn2c1C. The Morgan fingerprint density at radius 3 is 2.86 bits per heavy atom. The number of aryl methyl sites for hydroxylation is 1. The topological polar surface area (TPSA) is 51.8 Å². The van der Waals surface area contributed by atoms with E-state index in [0.717, 1.165) is 26.8 Å². The lowest BCUT2D eigenvalue weighted by Crippen LogP contribution is -1.98. The first kappa shape index (κ1) is 14.0. The van der Waals surface area contributed by atoms with Crippen LogP contribution in [0.25, 0.3) is 4.96 Å². The summed E-state index contributed by atoms with van der Waals surface area (Å²) in [6, 6.07) is 7.50. The van der Waals surface area contributed by atoms with E-state index < -0.39 is 0 Å². The van der Waals surface area contributed by atoms with Gasteiger partial charge in [0.2, 0.25) is 4.96 Å². The maximum Gasteiger partial charge on any atom is 0.212 e. The van der Waals surface area contributed by atoms with Crippen LogP contribution in [0, 0.1) is 6.92 Å². The van der Waals surface area contributed by atoms with Gasteiger partial charge >= 0.3 is 0 Å². The molecule has 0 unspecified atom stereocenters. The molecule has 2 aromatic heterocycles. The van der Waals surface area contributed by atoms with Crippen molar-refractivity contribution in [2.45, 2.75) is 20.5 Å². The maximum absolute atomic E-state index is 5.84. The van der Waals surface area contributed by atoms with E-state index in [1.165, 1.54) is 0 Å². The monoisotopic (exact) mass is 320 g/mol. The van der Waals surface area contributed by atoms with Crippen LogP contribution in [0.2, 0.25) is 5.02 Å². The highest BCUT2D eigenvalue weighted by molar-refractivity contribution is 7.19. The van der Waals surface area contributed by atoms with Crippen molar-refractivity contribution < 1.29 is 4.84 Å². The fourth-order valence-corrected chi connectivity index (χ4v) is 3.05. The molecule has 0 atom stereocenters. The molecule has 0 aliphatic carbocycles. The highest BCUT2D eigenvalue weighted by Gasteiger charge is 2.12. The predicted molar refractivity (Wildman–Crippen MR) is 84.1 cm³/mol. The Hall–Kier alpha value is -1.92. The van der Waals surface area contributed by atoms with Gasteiger partial charge in [-0.1, -0.05) is 40.2 Å². The number of oxime groups is 1. The van der Waals surface area contributed by atoms with Gasteiger partial charge in [-0.2, -0.15) is 5.10 Å². The van der Waals surface area contributed by atoms with Crippen LogP contribution < -0.4 is 0 Å². The predicted octanol–water partition coefficient (Wildman–Crippen LogP) is 3.69. The minimum atomic E-state index is 0.411. The van der Waals surface area contributed by atoms with Crippen LogP contribution in [-0.4, -0.2) is 20.3 Å². The third-order valence-corrected chi connectivity index (χ3v) is 4.54. The first-order valence-corrected chi connectivity index (χ1v) is 7.55. The number of halogens is 1. The molecular weight excluding hydrogens is 308 g/mol. The van der Waals surface area contributed by atoms with Crippen LogP contribution in [0.3, 0.4) is 0 Å². The molecule has 0 N–H and O–H groups in total. The fourth-order valence-electron chi connectivity index (χ4n) is 1.95. The summed E-state index contributed by atoms with van der Waals surface area (Å²) >= 11 is 7.39. The lowest BCUT2D eigenvalue weighted by molar-refractivity contribution is 0.130. The fraction of sp³-hybridized carbons (Fsp3) is 0.214. The standard InChI is InChI=1S/C14H13ClN4OS/c1-9(13-10(2)19-14(21-13)16-8-17-19)18-20-7-11-3-5-12(15)6-4-11/h3-6,8H,7H2,1-2H3/b18-9-. The van der Waals surface area contributed by atoms with Gasteiger partial charge in [0.1, 0.15) is 12.9 Å². The number of benzene rings is 1. The molecule has 108 valence electrons. The molecule has 0 aliphatic rings. The largest absolute Gasteiger partial charge is 0.391 e. The van der Waals surface area contributed by atoms with Crippen molar-refractivity contribution >= 4 is 33.6 Å². The Kier molecular flexibility index (Phi) is 3.90. The molecule has 0 radical (unpaired) electrons. The van der Waals surface area contributed by atoms with E-state index >= 15 is 0 Å². The zero-order valence-corrected chi connectivity index (χ0v) is 13.1. The molecule has 21 heavy (non-hydrogen) atoms. The van der Waals surface area contributed by atoms with E-state index in [4.69, 9.17) is 16.4 Å². The average molecular weight is 321 g/mol. The van der Waals surface area contributed by atoms with E-state index in [1.807, 2.05) is 38.1 Å². The van der Waals surface area contributed by atoms with Crippen LogP contribution in [0.15, 0.2) is 35.7 Å². The Morgan fingerprint density at radius 1 is 1.38 bits per heavy atom. The summed E-state index contributed by atoms with van der Waals surface area (Å²) in [5.41, 5.74) is 2.86. The summed E-state index contributed by atoms with van der Waals surface area (Å²) in [6.07, 6.45) is 1.55. The van der Waals surface area contributed by atoms with Crippen LogP contribution in [0.4, 0.5) is 0 Å². The van der Waals surface area contributed by atoms with Gasteiger partial charge in [0, 0.05) is 5.02 Å². The number of fused-ring (bicyclic) bond motifs is 1. The lowest BCUT2D eigenvalue weighted by atomic mass is 10.2. The Labute approximate surface area is 130 Å². The maximum atomic E-state index is 5.84. The van der Waals surface area contributed by atoms with E-state index in [0.29, 0.717) is 11.6 Å². The molecule has 7 heteroatoms. The molecule has 3 rings (SSSR count). The summed E-state index contributed by atoms with van der Waals surface area (Å²) in [4.78, 5) is 11.5. The summed E-state index contributed by atoms with van der Waals surface area (Å²) in [5.74, 6) is 0. The summed E-state index contributed by atoms with van der Waals surface area (Å²) in [6.45, 7) is 4.32. The minimum Gasteiger partial charge on any atom is -0.391 e. The van der Waals surface area contributed by atoms with E-state index in [-0.39, 0.29) is 0 Å². The van der Waals surface area contributed by atoms with Crippen molar-refractivity contribution in [3.05, 3.63) is 51.7 Å². The third kappa shape index (κ3) is 2.91. The normalized spacial score (nSPS) is 12.0. The second-order valence-electron chi connectivity index (χ2n) is 4.55. The van der Waals surface area contributed by atoms with Gasteiger partial charge in [-0.3, -0.25) is 0 Å². The van der Waals surface area contributed by atoms with Crippen molar-refractivity contribution in [3.63, 3.8) is 0 Å². The van der Waals surface area contributed by atoms with Crippen LogP contribution in [-0.2, 0) is 11.4 Å². The molecule has 0 bridgehead atoms. The first-order chi connectivity index (χ1) is 10.1. The molecule has 1 aromatic carbocycles. The second-order valence-corrected chi connectivity index (χ2v) is 5.96. The number of hydrogen-bond acceptors (Lipinski definition) is 5. The number of aromatic nitrogens is 3. The van der Waals surface area contributed by atoms with Gasteiger partial charge in [-0.05, 0) is 31.5 Å². The van der Waals surface area contributed by atoms with Gasteiger partial charge < -0.3 is 4.84 Å². The van der Waals surface area contributed by atoms with Gasteiger partial charge in [0.25, 0.3) is 0 Å². The number of thiazole rings is 1. The third-order valence-electron chi connectivity index (χ3n) is 3.03. The Balaban J connectivity index is 1.72. The zero-order chi connectivity index (χ0) is 14.8. The van der Waals surface area contributed by atoms with Gasteiger partial charge in [-0.25, -0.2) is 9.50 Å². The molecule has 0 spiro atoms. The molecule has 0 saturated carbocycles. The van der Waals surface area contributed by atoms with Crippen molar-refractivity contribution in [2.75, 3.05) is 0 Å². The van der Waals surface area contributed by atoms with Crippen molar-refractivity contribution in [3.8, 4) is 0 Å². The number of nitrogens with zero attached hydrogens (tertiary/aromatic N) is 4. The van der Waals surface area contributed by atoms with Gasteiger partial charge in [0.15, 0.2) is 0 Å². The van der Waals surface area contributed by atoms with Gasteiger partial charge in [0.05, 0.1) is 16.3 Å². The lowest BCUT2D eigenvalue weighted by Gasteiger charge is -2.02. The van der Waals surface area contributed by atoms with E-state index in [9.17, 15) is 0 Å². The highest BCUT2D eigenvalue weighted by Crippen LogP contribution is 2.21. The Morgan fingerprint density at radius 2 is 2.14 bits per heavy atom. The van der Waals surface area contributed by atoms with Crippen molar-refractivity contribution in [1.29, 1.82) is 0 Å². The molecule has 3 aromatic rings. The van der Waals surface area contributed by atoms with Crippen LogP contribution in [0.5, 0.6) is 0 Å². The molecule has 0 saturated heterocycles. The van der Waals surface area contributed by atoms with Crippen molar-refractivity contribution in [1.82, 2.24) is 14.6 Å². The van der Waals surface area contributed by atoms with Crippen LogP contribution >= 0.6 is 22.9 Å². The summed E-state index contributed by atoms with van der Waals surface area (Å²) in [7, 11) is 0. The zero-order valence-electron chi connectivity index (χ0n) is 11.6. The smallest absolute Gasteiger partial charge is 0.212 e.